The van der Waals surface area contributed by atoms with Crippen molar-refractivity contribution in [2.75, 3.05) is 0 Å². The molecule has 1 unspecified atom stereocenters. The van der Waals surface area contributed by atoms with Gasteiger partial charge in [0, 0.05) is 23.1 Å². The highest BCUT2D eigenvalue weighted by molar-refractivity contribution is 5.90. The lowest BCUT2D eigenvalue weighted by Crippen LogP contribution is -2.13. The van der Waals surface area contributed by atoms with Gasteiger partial charge in [0.25, 0.3) is 0 Å². The fraction of sp³-hybridized carbons (Fsp3) is 0.286. The average Bonchev–Trinajstić information content (AvgIpc) is 2.91. The zero-order chi connectivity index (χ0) is 16.7. The lowest BCUT2D eigenvalue weighted by molar-refractivity contribution is 0.0695. The minimum absolute atomic E-state index is 0.396. The van der Waals surface area contributed by atoms with E-state index in [-0.39, 0.29) is 0 Å². The molecule has 3 heteroatoms. The van der Waals surface area contributed by atoms with Crippen LogP contribution in [0.2, 0.25) is 0 Å². The smallest absolute Gasteiger partial charge is 0.336 e. The molecule has 0 fully saturated rings. The lowest BCUT2D eigenvalue weighted by Gasteiger charge is -2.21. The maximum Gasteiger partial charge on any atom is 0.336 e. The SMILES string of the molecule is CC1CCCc2c1c1ccccc1n2Cc1ccccc1C(=O)O. The van der Waals surface area contributed by atoms with Gasteiger partial charge in [-0.05, 0) is 48.4 Å². The molecule has 1 N–H and O–H groups in total. The maximum atomic E-state index is 11.5. The molecule has 3 nitrogen and oxygen atoms in total. The van der Waals surface area contributed by atoms with Crippen molar-refractivity contribution in [1.82, 2.24) is 4.57 Å². The number of aromatic carboxylic acids is 1. The number of para-hydroxylation sites is 1. The summed E-state index contributed by atoms with van der Waals surface area (Å²) in [5.41, 5.74) is 5.33. The Kier molecular flexibility index (Phi) is 3.64. The third-order valence-corrected chi connectivity index (χ3v) is 5.24. The summed E-state index contributed by atoms with van der Waals surface area (Å²) in [6.07, 6.45) is 3.50. The van der Waals surface area contributed by atoms with E-state index in [9.17, 15) is 9.90 Å². The van der Waals surface area contributed by atoms with E-state index in [0.29, 0.717) is 18.0 Å². The highest BCUT2D eigenvalue weighted by atomic mass is 16.4. The molecule has 1 heterocycles. The molecule has 0 spiro atoms. The molecule has 24 heavy (non-hydrogen) atoms. The standard InChI is InChI=1S/C21H21NO2/c1-14-7-6-12-19-20(14)17-10-4-5-11-18(17)22(19)13-15-8-2-3-9-16(15)21(23)24/h2-5,8-11,14H,6-7,12-13H2,1H3,(H,23,24). The van der Waals surface area contributed by atoms with Crippen molar-refractivity contribution in [1.29, 1.82) is 0 Å². The van der Waals surface area contributed by atoms with E-state index < -0.39 is 5.97 Å². The molecule has 0 saturated heterocycles. The largest absolute Gasteiger partial charge is 0.478 e. The number of nitrogens with zero attached hydrogens (tertiary/aromatic N) is 1. The first kappa shape index (κ1) is 15.0. The van der Waals surface area contributed by atoms with Gasteiger partial charge < -0.3 is 9.67 Å². The van der Waals surface area contributed by atoms with Gasteiger partial charge in [-0.15, -0.1) is 0 Å². The van der Waals surface area contributed by atoms with Crippen molar-refractivity contribution < 1.29 is 9.90 Å². The summed E-state index contributed by atoms with van der Waals surface area (Å²) in [7, 11) is 0. The predicted molar refractivity (Wildman–Crippen MR) is 95.8 cm³/mol. The summed E-state index contributed by atoms with van der Waals surface area (Å²) in [4.78, 5) is 11.5. The van der Waals surface area contributed by atoms with Gasteiger partial charge in [-0.3, -0.25) is 0 Å². The van der Waals surface area contributed by atoms with Crippen LogP contribution in [0.4, 0.5) is 0 Å². The van der Waals surface area contributed by atoms with Crippen LogP contribution < -0.4 is 0 Å². The van der Waals surface area contributed by atoms with E-state index in [1.54, 1.807) is 12.1 Å². The molecule has 3 aromatic rings. The van der Waals surface area contributed by atoms with Crippen LogP contribution >= 0.6 is 0 Å². The molecule has 0 radical (unpaired) electrons. The molecule has 1 aromatic heterocycles. The Hall–Kier alpha value is -2.55. The average molecular weight is 319 g/mol. The molecular formula is C21H21NO2. The number of carboxylic acids is 1. The van der Waals surface area contributed by atoms with E-state index >= 15 is 0 Å². The molecule has 0 saturated carbocycles. The van der Waals surface area contributed by atoms with E-state index in [0.717, 1.165) is 12.0 Å². The van der Waals surface area contributed by atoms with Crippen LogP contribution in [0.3, 0.4) is 0 Å². The zero-order valence-corrected chi connectivity index (χ0v) is 13.8. The lowest BCUT2D eigenvalue weighted by atomic mass is 9.86. The number of benzene rings is 2. The van der Waals surface area contributed by atoms with Gasteiger partial charge in [-0.1, -0.05) is 43.3 Å². The number of hydrogen-bond donors (Lipinski definition) is 1. The molecule has 122 valence electrons. The van der Waals surface area contributed by atoms with Gasteiger partial charge in [0.1, 0.15) is 0 Å². The first-order valence-corrected chi connectivity index (χ1v) is 8.58. The quantitative estimate of drug-likeness (QED) is 0.751. The molecule has 4 rings (SSSR count). The van der Waals surface area contributed by atoms with Crippen LogP contribution in [0.25, 0.3) is 10.9 Å². The maximum absolute atomic E-state index is 11.5. The number of aromatic nitrogens is 1. The van der Waals surface area contributed by atoms with E-state index in [2.05, 4.69) is 35.8 Å². The molecule has 1 aliphatic rings. The van der Waals surface area contributed by atoms with Crippen molar-refractivity contribution in [3.05, 3.63) is 70.9 Å². The van der Waals surface area contributed by atoms with Gasteiger partial charge in [0.15, 0.2) is 0 Å². The highest BCUT2D eigenvalue weighted by Crippen LogP contribution is 2.39. The number of hydrogen-bond acceptors (Lipinski definition) is 1. The molecule has 0 aliphatic heterocycles. The highest BCUT2D eigenvalue weighted by Gasteiger charge is 2.25. The van der Waals surface area contributed by atoms with Gasteiger partial charge >= 0.3 is 5.97 Å². The Labute approximate surface area is 141 Å². The number of fused-ring (bicyclic) bond motifs is 3. The van der Waals surface area contributed by atoms with Crippen molar-refractivity contribution >= 4 is 16.9 Å². The second-order valence-electron chi connectivity index (χ2n) is 6.72. The second-order valence-corrected chi connectivity index (χ2v) is 6.72. The van der Waals surface area contributed by atoms with Gasteiger partial charge in [-0.25, -0.2) is 4.79 Å². The Bertz CT molecular complexity index is 923. The summed E-state index contributed by atoms with van der Waals surface area (Å²) in [5, 5.41) is 10.8. The third-order valence-electron chi connectivity index (χ3n) is 5.24. The van der Waals surface area contributed by atoms with Crippen molar-refractivity contribution in [2.24, 2.45) is 0 Å². The van der Waals surface area contributed by atoms with Crippen molar-refractivity contribution in [3.63, 3.8) is 0 Å². The fourth-order valence-electron chi connectivity index (χ4n) is 4.14. The summed E-state index contributed by atoms with van der Waals surface area (Å²) in [5.74, 6) is -0.293. The third kappa shape index (κ3) is 2.32. The van der Waals surface area contributed by atoms with Crippen LogP contribution in [0, 0.1) is 0 Å². The Morgan fingerprint density at radius 1 is 1.17 bits per heavy atom. The first-order valence-electron chi connectivity index (χ1n) is 8.58. The molecule has 1 atom stereocenters. The minimum atomic E-state index is -0.857. The molecule has 0 amide bonds. The van der Waals surface area contributed by atoms with Gasteiger partial charge in [0.05, 0.1) is 5.56 Å². The number of carbonyl (C=O) groups is 1. The number of rotatable bonds is 3. The molecular weight excluding hydrogens is 298 g/mol. The topological polar surface area (TPSA) is 42.2 Å². The van der Waals surface area contributed by atoms with Crippen LogP contribution in [0.15, 0.2) is 48.5 Å². The van der Waals surface area contributed by atoms with Crippen molar-refractivity contribution in [2.45, 2.75) is 38.6 Å². The van der Waals surface area contributed by atoms with Crippen LogP contribution in [-0.2, 0) is 13.0 Å². The summed E-state index contributed by atoms with van der Waals surface area (Å²) in [6, 6.07) is 15.9. The monoisotopic (exact) mass is 319 g/mol. The van der Waals surface area contributed by atoms with E-state index in [1.807, 2.05) is 12.1 Å². The van der Waals surface area contributed by atoms with Crippen LogP contribution in [0.5, 0.6) is 0 Å². The Balaban J connectivity index is 1.91. The van der Waals surface area contributed by atoms with Crippen LogP contribution in [-0.4, -0.2) is 15.6 Å². The molecule has 0 bridgehead atoms. The number of carboxylic acid groups (broad SMARTS) is 1. The van der Waals surface area contributed by atoms with E-state index in [1.165, 1.54) is 35.0 Å². The fourth-order valence-corrected chi connectivity index (χ4v) is 4.14. The molecule has 1 aliphatic carbocycles. The predicted octanol–water partition coefficient (Wildman–Crippen LogP) is 4.83. The normalized spacial score (nSPS) is 17.0. The van der Waals surface area contributed by atoms with Gasteiger partial charge in [0.2, 0.25) is 0 Å². The second kappa shape index (κ2) is 5.82. The zero-order valence-electron chi connectivity index (χ0n) is 13.8. The molecule has 2 aromatic carbocycles. The summed E-state index contributed by atoms with van der Waals surface area (Å²) < 4.78 is 2.34. The van der Waals surface area contributed by atoms with Crippen LogP contribution in [0.1, 0.15) is 52.9 Å². The van der Waals surface area contributed by atoms with E-state index in [4.69, 9.17) is 0 Å². The Morgan fingerprint density at radius 2 is 1.92 bits per heavy atom. The van der Waals surface area contributed by atoms with Crippen molar-refractivity contribution in [3.8, 4) is 0 Å². The summed E-state index contributed by atoms with van der Waals surface area (Å²) in [6.45, 7) is 2.92. The van der Waals surface area contributed by atoms with Gasteiger partial charge in [-0.2, -0.15) is 0 Å². The summed E-state index contributed by atoms with van der Waals surface area (Å²) >= 11 is 0. The minimum Gasteiger partial charge on any atom is -0.478 e. The Morgan fingerprint density at radius 3 is 2.75 bits per heavy atom. The first-order chi connectivity index (χ1) is 11.7.